The lowest BCUT2D eigenvalue weighted by molar-refractivity contribution is -0.126. The monoisotopic (exact) mass is 716 g/mol. The highest BCUT2D eigenvalue weighted by molar-refractivity contribution is 7.88. The minimum absolute atomic E-state index is 0.132. The molecule has 1 atom stereocenters. The maximum Gasteiger partial charge on any atom is 0.393 e. The Kier molecular flexibility index (Phi) is 10.00. The number of rotatable bonds is 9. The van der Waals surface area contributed by atoms with Crippen molar-refractivity contribution in [2.45, 2.75) is 78.3 Å². The molecule has 4 aromatic rings. The summed E-state index contributed by atoms with van der Waals surface area (Å²) in [6.45, 7) is 13.1. The Bertz CT molecular complexity index is 2000. The number of fused-ring (bicyclic) bond motifs is 2. The van der Waals surface area contributed by atoms with E-state index in [-0.39, 0.29) is 17.0 Å². The molecule has 1 aromatic carbocycles. The number of likely N-dealkylation sites (tertiary alicyclic amines) is 1. The van der Waals surface area contributed by atoms with Crippen LogP contribution in [0.3, 0.4) is 0 Å². The molecule has 264 valence electrons. The number of sulfonamides is 1. The Morgan fingerprint density at radius 3 is 2.39 bits per heavy atom. The minimum atomic E-state index is -4.28. The number of nitrogens with one attached hydrogen (secondary N) is 1. The van der Waals surface area contributed by atoms with Crippen LogP contribution in [0.5, 0.6) is 0 Å². The second kappa shape index (κ2) is 13.8. The molecule has 0 radical (unpaired) electrons. The molecule has 0 unspecified atom stereocenters. The first kappa shape index (κ1) is 35.5. The molecule has 2 aliphatic heterocycles. The highest BCUT2D eigenvalue weighted by Crippen LogP contribution is 2.38. The first-order valence-corrected chi connectivity index (χ1v) is 19.3. The van der Waals surface area contributed by atoms with Crippen LogP contribution < -0.4 is 5.32 Å². The Labute approximate surface area is 289 Å². The fourth-order valence-corrected chi connectivity index (χ4v) is 9.33. The Morgan fingerprint density at radius 2 is 1.76 bits per heavy atom. The van der Waals surface area contributed by atoms with E-state index in [9.17, 15) is 26.9 Å². The van der Waals surface area contributed by atoms with Crippen LogP contribution in [0.15, 0.2) is 18.2 Å². The maximum absolute atomic E-state index is 13.2. The van der Waals surface area contributed by atoms with Crippen molar-refractivity contribution in [1.29, 1.82) is 5.26 Å². The van der Waals surface area contributed by atoms with Gasteiger partial charge >= 0.3 is 6.18 Å². The highest BCUT2D eigenvalue weighted by atomic mass is 32.2. The molecule has 0 bridgehead atoms. The van der Waals surface area contributed by atoms with Gasteiger partial charge in [0.25, 0.3) is 0 Å². The lowest BCUT2D eigenvalue weighted by atomic mass is 10.0. The molecule has 2 aliphatic rings. The van der Waals surface area contributed by atoms with E-state index in [0.29, 0.717) is 65.8 Å². The average molecular weight is 717 g/mol. The minimum Gasteiger partial charge on any atom is -0.367 e. The molecule has 2 saturated heterocycles. The molecule has 5 heterocycles. The van der Waals surface area contributed by atoms with E-state index in [4.69, 9.17) is 0 Å². The van der Waals surface area contributed by atoms with E-state index in [0.717, 1.165) is 60.3 Å². The van der Waals surface area contributed by atoms with Crippen molar-refractivity contribution in [2.75, 3.05) is 50.8 Å². The fraction of sp³-hybridized carbons (Fsp3) is 0.559. The summed E-state index contributed by atoms with van der Waals surface area (Å²) in [5, 5.41) is 15.3. The van der Waals surface area contributed by atoms with Gasteiger partial charge < -0.3 is 9.88 Å². The first-order valence-electron chi connectivity index (χ1n) is 16.6. The zero-order valence-electron chi connectivity index (χ0n) is 28.6. The average Bonchev–Trinajstić information content (AvgIpc) is 3.54. The van der Waals surface area contributed by atoms with Crippen LogP contribution in [0.4, 0.5) is 19.0 Å². The molecular formula is C34H43F3N8O2S2. The summed E-state index contributed by atoms with van der Waals surface area (Å²) in [5.41, 5.74) is 4.60. The number of aromatic nitrogens is 3. The van der Waals surface area contributed by atoms with Gasteiger partial charge in [0.1, 0.15) is 28.2 Å². The van der Waals surface area contributed by atoms with Crippen molar-refractivity contribution in [3.05, 3.63) is 51.3 Å². The van der Waals surface area contributed by atoms with Crippen LogP contribution in [-0.4, -0.2) is 101 Å². The third-order valence-electron chi connectivity index (χ3n) is 10.1. The molecule has 15 heteroatoms. The molecule has 1 N–H and O–H groups in total. The second-order valence-electron chi connectivity index (χ2n) is 13.5. The van der Waals surface area contributed by atoms with Gasteiger partial charge in [-0.25, -0.2) is 18.4 Å². The predicted molar refractivity (Wildman–Crippen MR) is 187 cm³/mol. The van der Waals surface area contributed by atoms with Gasteiger partial charge in [-0.3, -0.25) is 9.80 Å². The summed E-state index contributed by atoms with van der Waals surface area (Å²) in [6.07, 6.45) is -2.25. The van der Waals surface area contributed by atoms with Gasteiger partial charge in [0.2, 0.25) is 10.0 Å². The maximum atomic E-state index is 13.2. The van der Waals surface area contributed by atoms with E-state index in [1.54, 1.807) is 13.8 Å². The Morgan fingerprint density at radius 1 is 1.06 bits per heavy atom. The van der Waals surface area contributed by atoms with Crippen LogP contribution in [-0.2, 0) is 29.5 Å². The van der Waals surface area contributed by atoms with Gasteiger partial charge in [-0.2, -0.15) is 22.7 Å². The van der Waals surface area contributed by atoms with Crippen LogP contribution in [0.25, 0.3) is 21.1 Å². The van der Waals surface area contributed by atoms with E-state index < -0.39 is 22.6 Å². The number of hydrogen-bond acceptors (Lipinski definition) is 9. The summed E-state index contributed by atoms with van der Waals surface area (Å²) in [4.78, 5) is 14.6. The van der Waals surface area contributed by atoms with Crippen LogP contribution in [0, 0.1) is 32.1 Å². The molecular weight excluding hydrogens is 674 g/mol. The van der Waals surface area contributed by atoms with Crippen molar-refractivity contribution in [1.82, 2.24) is 28.6 Å². The number of aryl methyl sites for hydroxylation is 3. The Hall–Kier alpha value is -3.29. The summed E-state index contributed by atoms with van der Waals surface area (Å²) >= 11 is 1.10. The van der Waals surface area contributed by atoms with Crippen molar-refractivity contribution in [3.8, 4) is 6.07 Å². The molecule has 0 spiro atoms. The van der Waals surface area contributed by atoms with E-state index in [2.05, 4.69) is 61.7 Å². The van der Waals surface area contributed by atoms with Crippen LogP contribution in [0.2, 0.25) is 0 Å². The molecule has 2 fully saturated rings. The zero-order valence-corrected chi connectivity index (χ0v) is 30.2. The number of alkyl halides is 3. The quantitative estimate of drug-likeness (QED) is 0.239. The summed E-state index contributed by atoms with van der Waals surface area (Å²) in [5.74, 6) is 1.15. The van der Waals surface area contributed by atoms with Gasteiger partial charge in [0, 0.05) is 80.2 Å². The SMILES string of the molecule is Cc1nc(NC2CCN(Cc3ccc4c(cc(C#N)n4C[C@H](C)N4CCN(S(C)(=O)=O)CC4)c3C)CC2)c2c(C)c(CC(F)(F)F)sc2n1. The smallest absolute Gasteiger partial charge is 0.367 e. The van der Waals surface area contributed by atoms with Crippen molar-refractivity contribution >= 4 is 48.3 Å². The number of nitriles is 1. The molecule has 49 heavy (non-hydrogen) atoms. The van der Waals surface area contributed by atoms with Gasteiger partial charge in [0.05, 0.1) is 18.1 Å². The number of benzene rings is 1. The van der Waals surface area contributed by atoms with E-state index in [1.807, 2.05) is 6.07 Å². The van der Waals surface area contributed by atoms with Gasteiger partial charge in [0.15, 0.2) is 0 Å². The number of piperidine rings is 1. The summed E-state index contributed by atoms with van der Waals surface area (Å²) in [6, 6.07) is 8.91. The number of hydrogen-bond donors (Lipinski definition) is 1. The van der Waals surface area contributed by atoms with Crippen LogP contribution in [0.1, 0.15) is 52.9 Å². The van der Waals surface area contributed by atoms with Crippen LogP contribution >= 0.6 is 11.3 Å². The lowest BCUT2D eigenvalue weighted by Crippen LogP contribution is -2.51. The number of thiophene rings is 1. The Balaban J connectivity index is 1.11. The second-order valence-corrected chi connectivity index (χ2v) is 16.6. The third-order valence-corrected chi connectivity index (χ3v) is 12.6. The van der Waals surface area contributed by atoms with Gasteiger partial charge in [-0.15, -0.1) is 11.3 Å². The van der Waals surface area contributed by atoms with E-state index >= 15 is 0 Å². The fourth-order valence-electron chi connectivity index (χ4n) is 7.25. The zero-order chi connectivity index (χ0) is 35.2. The highest BCUT2D eigenvalue weighted by Gasteiger charge is 2.31. The number of piperazine rings is 1. The van der Waals surface area contributed by atoms with Gasteiger partial charge in [-0.05, 0) is 69.4 Å². The van der Waals surface area contributed by atoms with Gasteiger partial charge in [-0.1, -0.05) is 6.07 Å². The molecule has 6 rings (SSSR count). The van der Waals surface area contributed by atoms with Crippen molar-refractivity contribution in [3.63, 3.8) is 0 Å². The lowest BCUT2D eigenvalue weighted by Gasteiger charge is -2.37. The largest absolute Gasteiger partial charge is 0.393 e. The standard InChI is InChI=1S/C34H43F3N8O2S2/c1-21(43-12-14-44(15-13-43)49(5,46)47)19-45-27(18-38)16-28-22(2)25(6-7-29(28)45)20-42-10-8-26(9-11-42)41-32-31-23(3)30(17-34(35,36)37)48-33(31)40-24(4)39-32/h6-7,16,21,26H,8-15,17,19-20H2,1-5H3,(H,39,40,41)/t21-/m0/s1. The number of halogens is 3. The topological polar surface area (TPSA) is 110 Å². The number of nitrogens with zero attached hydrogens (tertiary/aromatic N) is 7. The third kappa shape index (κ3) is 7.73. The molecule has 3 aromatic heterocycles. The summed E-state index contributed by atoms with van der Waals surface area (Å²) in [7, 11) is -3.20. The summed E-state index contributed by atoms with van der Waals surface area (Å²) < 4.78 is 67.1. The van der Waals surface area contributed by atoms with E-state index in [1.165, 1.54) is 16.1 Å². The molecule has 0 saturated carbocycles. The molecule has 10 nitrogen and oxygen atoms in total. The van der Waals surface area contributed by atoms with Crippen molar-refractivity contribution in [2.24, 2.45) is 0 Å². The molecule has 0 amide bonds. The normalized spacial score (nSPS) is 18.3. The first-order chi connectivity index (χ1) is 23.1. The predicted octanol–water partition coefficient (Wildman–Crippen LogP) is 5.59. The number of anilines is 1. The molecule has 0 aliphatic carbocycles. The van der Waals surface area contributed by atoms with Crippen molar-refractivity contribution < 1.29 is 21.6 Å².